The summed E-state index contributed by atoms with van der Waals surface area (Å²) < 4.78 is 18.8. The van der Waals surface area contributed by atoms with Crippen molar-refractivity contribution < 1.29 is 14.1 Å². The number of hydrogen-bond donors (Lipinski definition) is 1. The lowest BCUT2D eigenvalue weighted by Crippen LogP contribution is -2.25. The van der Waals surface area contributed by atoms with E-state index >= 15 is 0 Å². The van der Waals surface area contributed by atoms with Crippen molar-refractivity contribution in [3.05, 3.63) is 34.1 Å². The molecule has 0 saturated heterocycles. The van der Waals surface area contributed by atoms with Gasteiger partial charge in [0.15, 0.2) is 0 Å². The summed E-state index contributed by atoms with van der Waals surface area (Å²) in [5.41, 5.74) is -0.537. The highest BCUT2D eigenvalue weighted by atomic mass is 19.1. The average Bonchev–Trinajstić information content (AvgIpc) is 2.36. The van der Waals surface area contributed by atoms with Gasteiger partial charge in [-0.25, -0.2) is 0 Å². The molecule has 1 unspecified atom stereocenters. The van der Waals surface area contributed by atoms with Gasteiger partial charge in [0.05, 0.1) is 11.5 Å². The Bertz CT molecular complexity index is 426. The fourth-order valence-electron chi connectivity index (χ4n) is 1.55. The summed E-state index contributed by atoms with van der Waals surface area (Å²) in [7, 11) is 0. The molecule has 0 spiro atoms. The van der Waals surface area contributed by atoms with Gasteiger partial charge in [0.1, 0.15) is 5.75 Å². The van der Waals surface area contributed by atoms with Crippen molar-refractivity contribution in [3.8, 4) is 5.75 Å². The highest BCUT2D eigenvalue weighted by Crippen LogP contribution is 2.22. The van der Waals surface area contributed by atoms with Crippen LogP contribution in [0.3, 0.4) is 0 Å². The van der Waals surface area contributed by atoms with Gasteiger partial charge < -0.3 is 10.1 Å². The second-order valence-corrected chi connectivity index (χ2v) is 4.49. The van der Waals surface area contributed by atoms with Gasteiger partial charge >= 0.3 is 5.69 Å². The molecule has 1 N–H and O–H groups in total. The Morgan fingerprint density at radius 3 is 2.84 bits per heavy atom. The zero-order valence-electron chi connectivity index (χ0n) is 11.2. The number of halogens is 1. The van der Waals surface area contributed by atoms with E-state index in [1.807, 2.05) is 6.92 Å². The summed E-state index contributed by atoms with van der Waals surface area (Å²) in [6, 6.07) is 3.57. The molecule has 0 aromatic heterocycles. The molecular formula is C13H19FN2O3. The van der Waals surface area contributed by atoms with E-state index in [-0.39, 0.29) is 5.92 Å². The van der Waals surface area contributed by atoms with Crippen LogP contribution in [0.15, 0.2) is 18.2 Å². The number of nitrogens with zero attached hydrogens (tertiary/aromatic N) is 1. The molecule has 0 aliphatic heterocycles. The zero-order valence-corrected chi connectivity index (χ0v) is 11.2. The molecule has 0 saturated carbocycles. The Morgan fingerprint density at radius 2 is 2.26 bits per heavy atom. The fourth-order valence-corrected chi connectivity index (χ4v) is 1.55. The third kappa shape index (κ3) is 5.21. The van der Waals surface area contributed by atoms with Gasteiger partial charge in [-0.2, -0.15) is 4.39 Å². The summed E-state index contributed by atoms with van der Waals surface area (Å²) in [5.74, 6) is -0.283. The van der Waals surface area contributed by atoms with E-state index < -0.39 is 16.4 Å². The Balaban J connectivity index is 2.45. The van der Waals surface area contributed by atoms with Crippen molar-refractivity contribution in [2.24, 2.45) is 5.92 Å². The van der Waals surface area contributed by atoms with Crippen LogP contribution in [0.1, 0.15) is 20.3 Å². The van der Waals surface area contributed by atoms with Crippen LogP contribution in [-0.2, 0) is 0 Å². The van der Waals surface area contributed by atoms with Crippen LogP contribution in [0, 0.1) is 21.8 Å². The van der Waals surface area contributed by atoms with Crippen LogP contribution >= 0.6 is 0 Å². The second kappa shape index (κ2) is 7.68. The van der Waals surface area contributed by atoms with Crippen LogP contribution in [0.5, 0.6) is 5.75 Å². The fraction of sp³-hybridized carbons (Fsp3) is 0.538. The molecule has 1 aromatic rings. The maximum Gasteiger partial charge on any atom is 0.305 e. The monoisotopic (exact) mass is 270 g/mol. The number of ether oxygens (including phenoxy) is 1. The molecule has 0 aliphatic carbocycles. The van der Waals surface area contributed by atoms with Gasteiger partial charge in [-0.05, 0) is 19.0 Å². The van der Waals surface area contributed by atoms with E-state index in [2.05, 4.69) is 12.2 Å². The average molecular weight is 270 g/mol. The number of nitrogens with one attached hydrogen (secondary N) is 1. The van der Waals surface area contributed by atoms with Crippen LogP contribution in [0.25, 0.3) is 0 Å². The van der Waals surface area contributed by atoms with Gasteiger partial charge in [-0.15, -0.1) is 0 Å². The number of benzene rings is 1. The maximum absolute atomic E-state index is 13.3. The summed E-state index contributed by atoms with van der Waals surface area (Å²) in [6.07, 6.45) is 1.07. The van der Waals surface area contributed by atoms with Gasteiger partial charge in [0, 0.05) is 24.6 Å². The van der Waals surface area contributed by atoms with Crippen molar-refractivity contribution in [2.75, 3.05) is 19.7 Å². The first-order valence-corrected chi connectivity index (χ1v) is 6.32. The first kappa shape index (κ1) is 15.4. The quantitative estimate of drug-likeness (QED) is 0.448. The molecule has 1 aromatic carbocycles. The number of nitro benzene ring substituents is 1. The molecular weight excluding hydrogens is 251 g/mol. The van der Waals surface area contributed by atoms with Crippen molar-refractivity contribution in [1.82, 2.24) is 5.32 Å². The van der Waals surface area contributed by atoms with Gasteiger partial charge in [-0.3, -0.25) is 10.1 Å². The Kier molecular flexibility index (Phi) is 6.21. The Morgan fingerprint density at radius 1 is 1.53 bits per heavy atom. The lowest BCUT2D eigenvalue weighted by molar-refractivity contribution is -0.387. The topological polar surface area (TPSA) is 64.4 Å². The SMILES string of the molecule is CCCNCC(C)COc1ccc([N+](=O)[O-])c(F)c1. The number of rotatable bonds is 8. The van der Waals surface area contributed by atoms with Crippen molar-refractivity contribution in [3.63, 3.8) is 0 Å². The molecule has 1 atom stereocenters. The van der Waals surface area contributed by atoms with E-state index in [1.165, 1.54) is 6.07 Å². The normalized spacial score (nSPS) is 12.2. The van der Waals surface area contributed by atoms with Crippen LogP contribution in [-0.4, -0.2) is 24.6 Å². The second-order valence-electron chi connectivity index (χ2n) is 4.49. The van der Waals surface area contributed by atoms with E-state index in [0.29, 0.717) is 12.4 Å². The van der Waals surface area contributed by atoms with E-state index in [0.717, 1.165) is 31.6 Å². The third-order valence-electron chi connectivity index (χ3n) is 2.57. The Hall–Kier alpha value is -1.69. The zero-order chi connectivity index (χ0) is 14.3. The van der Waals surface area contributed by atoms with Crippen molar-refractivity contribution in [2.45, 2.75) is 20.3 Å². The van der Waals surface area contributed by atoms with Crippen LogP contribution in [0.4, 0.5) is 10.1 Å². The maximum atomic E-state index is 13.3. The number of nitro groups is 1. The summed E-state index contributed by atoms with van der Waals surface area (Å²) in [5, 5.41) is 13.7. The molecule has 106 valence electrons. The summed E-state index contributed by atoms with van der Waals surface area (Å²) >= 11 is 0. The molecule has 0 amide bonds. The lowest BCUT2D eigenvalue weighted by atomic mass is 10.2. The molecule has 5 nitrogen and oxygen atoms in total. The first-order valence-electron chi connectivity index (χ1n) is 6.32. The largest absolute Gasteiger partial charge is 0.493 e. The minimum absolute atomic E-state index is 0.282. The third-order valence-corrected chi connectivity index (χ3v) is 2.57. The highest BCUT2D eigenvalue weighted by Gasteiger charge is 2.14. The van der Waals surface area contributed by atoms with E-state index in [1.54, 1.807) is 0 Å². The summed E-state index contributed by atoms with van der Waals surface area (Å²) in [4.78, 5) is 9.71. The molecule has 0 bridgehead atoms. The lowest BCUT2D eigenvalue weighted by Gasteiger charge is -2.13. The minimum Gasteiger partial charge on any atom is -0.493 e. The minimum atomic E-state index is -0.876. The summed E-state index contributed by atoms with van der Waals surface area (Å²) in [6.45, 7) is 6.33. The number of hydrogen-bond acceptors (Lipinski definition) is 4. The van der Waals surface area contributed by atoms with E-state index in [4.69, 9.17) is 4.74 Å². The smallest absolute Gasteiger partial charge is 0.305 e. The van der Waals surface area contributed by atoms with Gasteiger partial charge in [-0.1, -0.05) is 13.8 Å². The Labute approximate surface area is 111 Å². The molecule has 1 rings (SSSR count). The molecule has 0 fully saturated rings. The van der Waals surface area contributed by atoms with Gasteiger partial charge in [0.2, 0.25) is 5.82 Å². The highest BCUT2D eigenvalue weighted by molar-refractivity contribution is 5.37. The standard InChI is InChI=1S/C13H19FN2O3/c1-3-6-15-8-10(2)9-19-11-4-5-13(16(17)18)12(14)7-11/h4-5,7,10,15H,3,6,8-9H2,1-2H3. The van der Waals surface area contributed by atoms with E-state index in [9.17, 15) is 14.5 Å². The van der Waals surface area contributed by atoms with Crippen molar-refractivity contribution >= 4 is 5.69 Å². The molecule has 6 heteroatoms. The molecule has 0 radical (unpaired) electrons. The molecule has 0 heterocycles. The van der Waals surface area contributed by atoms with Crippen LogP contribution in [0.2, 0.25) is 0 Å². The predicted octanol–water partition coefficient (Wildman–Crippen LogP) is 2.75. The van der Waals surface area contributed by atoms with Gasteiger partial charge in [0.25, 0.3) is 0 Å². The van der Waals surface area contributed by atoms with Crippen LogP contribution < -0.4 is 10.1 Å². The predicted molar refractivity (Wildman–Crippen MR) is 70.9 cm³/mol. The molecule has 19 heavy (non-hydrogen) atoms. The van der Waals surface area contributed by atoms with Crippen molar-refractivity contribution in [1.29, 1.82) is 0 Å². The molecule has 0 aliphatic rings. The first-order chi connectivity index (χ1) is 9.04.